The molecule has 0 N–H and O–H groups in total. The predicted molar refractivity (Wildman–Crippen MR) is 104 cm³/mol. The van der Waals surface area contributed by atoms with Crippen molar-refractivity contribution in [3.8, 4) is 0 Å². The number of benzene rings is 1. The van der Waals surface area contributed by atoms with Crippen LogP contribution in [0.1, 0.15) is 43.0 Å². The second kappa shape index (κ2) is 6.99. The van der Waals surface area contributed by atoms with Crippen molar-refractivity contribution in [1.29, 1.82) is 0 Å². The van der Waals surface area contributed by atoms with E-state index in [1.165, 1.54) is 18.4 Å². The number of hydrogen-bond donors (Lipinski definition) is 0. The SMILES string of the molecule is Cc1nc([C@@]23CN(Cc4ccccc4)C[C@@H]2CCN(C(=O)CC2CC2)C3)no1. The highest BCUT2D eigenvalue weighted by Crippen LogP contribution is 2.44. The van der Waals surface area contributed by atoms with Crippen LogP contribution in [0.15, 0.2) is 34.9 Å². The Morgan fingerprint density at radius 2 is 2.04 bits per heavy atom. The molecule has 2 aromatic rings. The molecule has 0 spiro atoms. The van der Waals surface area contributed by atoms with Crippen LogP contribution < -0.4 is 0 Å². The zero-order valence-corrected chi connectivity index (χ0v) is 16.5. The molecule has 0 unspecified atom stereocenters. The zero-order valence-electron chi connectivity index (χ0n) is 16.5. The van der Waals surface area contributed by atoms with Crippen LogP contribution in [0.2, 0.25) is 0 Å². The number of aryl methyl sites for hydroxylation is 1. The summed E-state index contributed by atoms with van der Waals surface area (Å²) in [5, 5.41) is 4.33. The number of nitrogens with zero attached hydrogens (tertiary/aromatic N) is 4. The molecule has 148 valence electrons. The molecule has 6 nitrogen and oxygen atoms in total. The van der Waals surface area contributed by atoms with Crippen molar-refractivity contribution in [2.75, 3.05) is 26.2 Å². The van der Waals surface area contributed by atoms with Crippen molar-refractivity contribution in [1.82, 2.24) is 19.9 Å². The van der Waals surface area contributed by atoms with Crippen LogP contribution in [0, 0.1) is 18.8 Å². The molecule has 1 aromatic carbocycles. The van der Waals surface area contributed by atoms with E-state index in [1.807, 2.05) is 6.92 Å². The molecule has 2 saturated heterocycles. The Kier molecular flexibility index (Phi) is 4.46. The molecule has 1 saturated carbocycles. The van der Waals surface area contributed by atoms with E-state index in [0.717, 1.165) is 38.4 Å². The second-order valence-electron chi connectivity index (χ2n) is 8.90. The average Bonchev–Trinajstić information content (AvgIpc) is 3.26. The van der Waals surface area contributed by atoms with E-state index in [2.05, 4.69) is 50.3 Å². The first-order valence-electron chi connectivity index (χ1n) is 10.5. The van der Waals surface area contributed by atoms with E-state index in [-0.39, 0.29) is 5.41 Å². The Hall–Kier alpha value is -2.21. The van der Waals surface area contributed by atoms with Gasteiger partial charge in [0.2, 0.25) is 11.8 Å². The van der Waals surface area contributed by atoms with Gasteiger partial charge < -0.3 is 9.42 Å². The van der Waals surface area contributed by atoms with Gasteiger partial charge in [-0.2, -0.15) is 4.98 Å². The highest BCUT2D eigenvalue weighted by Gasteiger charge is 2.54. The summed E-state index contributed by atoms with van der Waals surface area (Å²) >= 11 is 0. The summed E-state index contributed by atoms with van der Waals surface area (Å²) in [7, 11) is 0. The normalized spacial score (nSPS) is 27.8. The number of piperidine rings is 1. The number of hydrogen-bond acceptors (Lipinski definition) is 5. The monoisotopic (exact) mass is 380 g/mol. The first-order valence-corrected chi connectivity index (χ1v) is 10.5. The molecule has 28 heavy (non-hydrogen) atoms. The minimum absolute atomic E-state index is 0.218. The highest BCUT2D eigenvalue weighted by atomic mass is 16.5. The average molecular weight is 380 g/mol. The van der Waals surface area contributed by atoms with Gasteiger partial charge in [0.25, 0.3) is 0 Å². The van der Waals surface area contributed by atoms with Crippen LogP contribution in [0.4, 0.5) is 0 Å². The van der Waals surface area contributed by atoms with Crippen LogP contribution in [0.5, 0.6) is 0 Å². The molecular formula is C22H28N4O2. The summed E-state index contributed by atoms with van der Waals surface area (Å²) < 4.78 is 5.36. The fourth-order valence-corrected chi connectivity index (χ4v) is 5.06. The van der Waals surface area contributed by atoms with Crippen LogP contribution in [-0.2, 0) is 16.8 Å². The number of rotatable bonds is 5. The van der Waals surface area contributed by atoms with E-state index in [1.54, 1.807) is 0 Å². The Morgan fingerprint density at radius 3 is 2.75 bits per heavy atom. The number of aromatic nitrogens is 2. The zero-order chi connectivity index (χ0) is 19.1. The fraction of sp³-hybridized carbons (Fsp3) is 0.591. The first-order chi connectivity index (χ1) is 13.6. The molecule has 2 atom stereocenters. The lowest BCUT2D eigenvalue weighted by atomic mass is 9.72. The highest BCUT2D eigenvalue weighted by molar-refractivity contribution is 5.77. The first kappa shape index (κ1) is 17.9. The number of fused-ring (bicyclic) bond motifs is 1. The Bertz CT molecular complexity index is 847. The minimum Gasteiger partial charge on any atom is -0.342 e. The molecule has 0 bridgehead atoms. The maximum absolute atomic E-state index is 12.8. The van der Waals surface area contributed by atoms with Crippen molar-refractivity contribution >= 4 is 5.91 Å². The van der Waals surface area contributed by atoms with Crippen molar-refractivity contribution in [3.63, 3.8) is 0 Å². The van der Waals surface area contributed by atoms with Gasteiger partial charge in [0.1, 0.15) is 0 Å². The maximum Gasteiger partial charge on any atom is 0.223 e. The van der Waals surface area contributed by atoms with E-state index in [0.29, 0.717) is 36.6 Å². The van der Waals surface area contributed by atoms with E-state index in [9.17, 15) is 4.79 Å². The van der Waals surface area contributed by atoms with Gasteiger partial charge in [-0.1, -0.05) is 35.5 Å². The van der Waals surface area contributed by atoms with Crippen LogP contribution >= 0.6 is 0 Å². The smallest absolute Gasteiger partial charge is 0.223 e. The lowest BCUT2D eigenvalue weighted by Gasteiger charge is -2.42. The molecular weight excluding hydrogens is 352 g/mol. The third-order valence-corrected chi connectivity index (χ3v) is 6.72. The Morgan fingerprint density at radius 1 is 1.21 bits per heavy atom. The van der Waals surface area contributed by atoms with Crippen LogP contribution in [0.25, 0.3) is 0 Å². The lowest BCUT2D eigenvalue weighted by molar-refractivity contribution is -0.134. The molecule has 1 amide bonds. The molecule has 1 aliphatic carbocycles. The topological polar surface area (TPSA) is 62.5 Å². The fourth-order valence-electron chi connectivity index (χ4n) is 5.06. The van der Waals surface area contributed by atoms with Crippen molar-refractivity contribution in [2.45, 2.75) is 44.6 Å². The summed E-state index contributed by atoms with van der Waals surface area (Å²) in [6, 6.07) is 10.6. The van der Waals surface area contributed by atoms with Crippen molar-refractivity contribution in [2.24, 2.45) is 11.8 Å². The van der Waals surface area contributed by atoms with E-state index < -0.39 is 0 Å². The summed E-state index contributed by atoms with van der Waals surface area (Å²) in [6.45, 7) is 6.23. The summed E-state index contributed by atoms with van der Waals surface area (Å²) in [4.78, 5) is 22.0. The number of carbonyl (C=O) groups is 1. The third-order valence-electron chi connectivity index (χ3n) is 6.72. The largest absolute Gasteiger partial charge is 0.342 e. The van der Waals surface area contributed by atoms with Gasteiger partial charge in [0.05, 0.1) is 5.41 Å². The van der Waals surface area contributed by atoms with Crippen molar-refractivity contribution in [3.05, 3.63) is 47.6 Å². The van der Waals surface area contributed by atoms with Crippen LogP contribution in [-0.4, -0.2) is 52.0 Å². The number of carbonyl (C=O) groups excluding carboxylic acids is 1. The molecule has 0 radical (unpaired) electrons. The summed E-state index contributed by atoms with van der Waals surface area (Å²) in [5.74, 6) is 2.77. The molecule has 6 heteroatoms. The van der Waals surface area contributed by atoms with E-state index >= 15 is 0 Å². The Balaban J connectivity index is 1.40. The van der Waals surface area contributed by atoms with Gasteiger partial charge in [0.15, 0.2) is 5.82 Å². The summed E-state index contributed by atoms with van der Waals surface area (Å²) in [6.07, 6.45) is 4.14. The Labute approximate surface area is 165 Å². The van der Waals surface area contributed by atoms with E-state index in [4.69, 9.17) is 4.52 Å². The lowest BCUT2D eigenvalue weighted by Crippen LogP contribution is -2.54. The standard InChI is InChI=1S/C22H28N4O2/c1-16-23-21(24-28-16)22-14-25(12-18-5-3-2-4-6-18)13-19(22)9-10-26(15-22)20(27)11-17-7-8-17/h2-6,17,19H,7-15H2,1H3/t19-,22+/m0/s1. The predicted octanol–water partition coefficient (Wildman–Crippen LogP) is 2.78. The van der Waals surface area contributed by atoms with Gasteiger partial charge in [-0.15, -0.1) is 0 Å². The van der Waals surface area contributed by atoms with Gasteiger partial charge >= 0.3 is 0 Å². The quantitative estimate of drug-likeness (QED) is 0.798. The molecule has 3 aliphatic rings. The van der Waals surface area contributed by atoms with Gasteiger partial charge in [-0.3, -0.25) is 9.69 Å². The van der Waals surface area contributed by atoms with Crippen molar-refractivity contribution < 1.29 is 9.32 Å². The molecule has 1 aromatic heterocycles. The van der Waals surface area contributed by atoms with Gasteiger partial charge in [-0.05, 0) is 36.7 Å². The van der Waals surface area contributed by atoms with Gasteiger partial charge in [0, 0.05) is 46.1 Å². The van der Waals surface area contributed by atoms with Gasteiger partial charge in [-0.25, -0.2) is 0 Å². The third kappa shape index (κ3) is 3.34. The number of likely N-dealkylation sites (tertiary alicyclic amines) is 2. The minimum atomic E-state index is -0.218. The molecule has 5 rings (SSSR count). The summed E-state index contributed by atoms with van der Waals surface area (Å²) in [5.41, 5.74) is 1.10. The maximum atomic E-state index is 12.8. The molecule has 3 fully saturated rings. The molecule has 3 heterocycles. The molecule has 2 aliphatic heterocycles. The second-order valence-corrected chi connectivity index (χ2v) is 8.90. The van der Waals surface area contributed by atoms with Crippen LogP contribution in [0.3, 0.4) is 0 Å². The number of amides is 1.